The van der Waals surface area contributed by atoms with Crippen molar-refractivity contribution in [2.75, 3.05) is 30.3 Å². The Morgan fingerprint density at radius 1 is 1.11 bits per heavy atom. The van der Waals surface area contributed by atoms with Crippen molar-refractivity contribution in [1.82, 2.24) is 9.88 Å². The highest BCUT2D eigenvalue weighted by atomic mass is 32.2. The minimum absolute atomic E-state index is 0.154. The molecule has 5 N–H and O–H groups in total. The van der Waals surface area contributed by atoms with Gasteiger partial charge < -0.3 is 20.9 Å². The first-order chi connectivity index (χ1) is 12.9. The SMILES string of the molecule is Nc1[nH]c(=O)c(C(=O)O)c(-c2ccccc2CN2CCSCC2)c1C(=O)O. The number of carboxylic acids is 2. The van der Waals surface area contributed by atoms with Crippen molar-refractivity contribution in [2.45, 2.75) is 6.54 Å². The molecule has 1 aliphatic rings. The van der Waals surface area contributed by atoms with Gasteiger partial charge in [0.2, 0.25) is 0 Å². The molecular formula is C18H19N3O5S. The highest BCUT2D eigenvalue weighted by Crippen LogP contribution is 2.32. The number of nitrogens with one attached hydrogen (secondary N) is 1. The number of hydrogen-bond donors (Lipinski definition) is 4. The summed E-state index contributed by atoms with van der Waals surface area (Å²) in [5.74, 6) is -1.26. The van der Waals surface area contributed by atoms with Crippen LogP contribution >= 0.6 is 11.8 Å². The van der Waals surface area contributed by atoms with E-state index in [0.29, 0.717) is 12.1 Å². The Bertz CT molecular complexity index is 950. The number of rotatable bonds is 5. The van der Waals surface area contributed by atoms with Crippen LogP contribution in [0, 0.1) is 0 Å². The molecule has 0 spiro atoms. The van der Waals surface area contributed by atoms with Crippen LogP contribution in [0.15, 0.2) is 29.1 Å². The lowest BCUT2D eigenvalue weighted by molar-refractivity contribution is 0.0695. The van der Waals surface area contributed by atoms with E-state index in [0.717, 1.165) is 30.2 Å². The molecule has 1 fully saturated rings. The Labute approximate surface area is 159 Å². The molecule has 0 unspecified atom stereocenters. The van der Waals surface area contributed by atoms with E-state index in [2.05, 4.69) is 9.88 Å². The standard InChI is InChI=1S/C18H19N3O5S/c19-15-13(17(23)24)12(14(18(25)26)16(22)20-15)11-4-2-1-3-10(11)9-21-5-7-27-8-6-21/h1-4H,5-9H2,(H,23,24)(H,25,26)(H3,19,20,22). The first kappa shape index (κ1) is 19.0. The van der Waals surface area contributed by atoms with Crippen molar-refractivity contribution in [3.63, 3.8) is 0 Å². The lowest BCUT2D eigenvalue weighted by Gasteiger charge is -2.27. The molecule has 0 saturated carbocycles. The molecule has 1 aromatic carbocycles. The molecule has 27 heavy (non-hydrogen) atoms. The molecule has 1 saturated heterocycles. The predicted octanol–water partition coefficient (Wildman–Crippen LogP) is 1.57. The second-order valence-corrected chi connectivity index (χ2v) is 7.37. The number of nitrogen functional groups attached to an aromatic ring is 1. The molecule has 2 heterocycles. The van der Waals surface area contributed by atoms with E-state index in [1.807, 2.05) is 17.8 Å². The molecule has 2 aromatic rings. The number of nitrogens with zero attached hydrogens (tertiary/aromatic N) is 1. The summed E-state index contributed by atoms with van der Waals surface area (Å²) in [6.07, 6.45) is 0. The van der Waals surface area contributed by atoms with Gasteiger partial charge in [0.25, 0.3) is 5.56 Å². The molecule has 8 nitrogen and oxygen atoms in total. The molecule has 1 aromatic heterocycles. The third kappa shape index (κ3) is 3.83. The third-order valence-electron chi connectivity index (χ3n) is 4.46. The fraction of sp³-hybridized carbons (Fsp3) is 0.278. The summed E-state index contributed by atoms with van der Waals surface area (Å²) < 4.78 is 0. The number of aromatic nitrogens is 1. The number of carbonyl (C=O) groups is 2. The zero-order valence-electron chi connectivity index (χ0n) is 14.4. The highest BCUT2D eigenvalue weighted by Gasteiger charge is 2.28. The summed E-state index contributed by atoms with van der Waals surface area (Å²) in [6.45, 7) is 2.30. The van der Waals surface area contributed by atoms with E-state index in [4.69, 9.17) is 5.73 Å². The number of carboxylic acid groups (broad SMARTS) is 2. The third-order valence-corrected chi connectivity index (χ3v) is 5.40. The predicted molar refractivity (Wildman–Crippen MR) is 103 cm³/mol. The lowest BCUT2D eigenvalue weighted by atomic mass is 9.91. The van der Waals surface area contributed by atoms with Gasteiger partial charge in [0.15, 0.2) is 0 Å². The van der Waals surface area contributed by atoms with E-state index in [-0.39, 0.29) is 11.4 Å². The van der Waals surface area contributed by atoms with Crippen LogP contribution in [0.4, 0.5) is 5.82 Å². The fourth-order valence-corrected chi connectivity index (χ4v) is 4.20. The van der Waals surface area contributed by atoms with Gasteiger partial charge in [-0.1, -0.05) is 24.3 Å². The van der Waals surface area contributed by atoms with Crippen molar-refractivity contribution in [3.05, 3.63) is 51.3 Å². The summed E-state index contributed by atoms with van der Waals surface area (Å²) in [7, 11) is 0. The normalized spacial score (nSPS) is 14.8. The molecule has 3 rings (SSSR count). The Morgan fingerprint density at radius 3 is 2.37 bits per heavy atom. The molecule has 9 heteroatoms. The van der Waals surface area contributed by atoms with Gasteiger partial charge in [0.05, 0.1) is 0 Å². The van der Waals surface area contributed by atoms with Gasteiger partial charge in [0, 0.05) is 36.7 Å². The second-order valence-electron chi connectivity index (χ2n) is 6.15. The quantitative estimate of drug-likeness (QED) is 0.605. The van der Waals surface area contributed by atoms with Crippen LogP contribution in [0.3, 0.4) is 0 Å². The average Bonchev–Trinajstić information content (AvgIpc) is 2.61. The van der Waals surface area contributed by atoms with E-state index in [1.165, 1.54) is 0 Å². The van der Waals surface area contributed by atoms with E-state index < -0.39 is 28.6 Å². The Morgan fingerprint density at radius 2 is 1.74 bits per heavy atom. The van der Waals surface area contributed by atoms with Crippen LogP contribution in [0.5, 0.6) is 0 Å². The maximum atomic E-state index is 12.2. The second kappa shape index (κ2) is 7.85. The van der Waals surface area contributed by atoms with E-state index >= 15 is 0 Å². The molecule has 142 valence electrons. The van der Waals surface area contributed by atoms with Gasteiger partial charge in [0.1, 0.15) is 16.9 Å². The van der Waals surface area contributed by atoms with Crippen LogP contribution in [-0.4, -0.2) is 56.6 Å². The molecule has 1 aliphatic heterocycles. The zero-order valence-corrected chi connectivity index (χ0v) is 15.2. The highest BCUT2D eigenvalue weighted by molar-refractivity contribution is 7.99. The minimum atomic E-state index is -1.50. The van der Waals surface area contributed by atoms with Gasteiger partial charge in [-0.2, -0.15) is 11.8 Å². The first-order valence-electron chi connectivity index (χ1n) is 8.31. The van der Waals surface area contributed by atoms with E-state index in [9.17, 15) is 24.6 Å². The van der Waals surface area contributed by atoms with Gasteiger partial charge in [-0.25, -0.2) is 9.59 Å². The topological polar surface area (TPSA) is 137 Å². The Kier molecular flexibility index (Phi) is 5.52. The maximum absolute atomic E-state index is 12.2. The van der Waals surface area contributed by atoms with Crippen LogP contribution in [0.1, 0.15) is 26.3 Å². The summed E-state index contributed by atoms with van der Waals surface area (Å²) in [5, 5.41) is 19.2. The van der Waals surface area contributed by atoms with Crippen LogP contribution in [0.25, 0.3) is 11.1 Å². The number of pyridine rings is 1. The zero-order chi connectivity index (χ0) is 19.6. The number of thioether (sulfide) groups is 1. The fourth-order valence-electron chi connectivity index (χ4n) is 3.22. The van der Waals surface area contributed by atoms with Gasteiger partial charge >= 0.3 is 11.9 Å². The van der Waals surface area contributed by atoms with Crippen molar-refractivity contribution in [3.8, 4) is 11.1 Å². The van der Waals surface area contributed by atoms with Crippen LogP contribution in [-0.2, 0) is 6.54 Å². The number of nitrogens with two attached hydrogens (primary N) is 1. The summed E-state index contributed by atoms with van der Waals surface area (Å²) in [4.78, 5) is 40.1. The molecule has 0 amide bonds. The number of benzene rings is 1. The summed E-state index contributed by atoms with van der Waals surface area (Å²) >= 11 is 1.87. The Balaban J connectivity index is 2.23. The Hall–Kier alpha value is -2.78. The van der Waals surface area contributed by atoms with Gasteiger partial charge in [-0.05, 0) is 11.1 Å². The molecule has 0 radical (unpaired) electrons. The monoisotopic (exact) mass is 389 g/mol. The number of aromatic carboxylic acids is 2. The summed E-state index contributed by atoms with van der Waals surface area (Å²) in [5.41, 5.74) is 4.75. The van der Waals surface area contributed by atoms with E-state index in [1.54, 1.807) is 18.2 Å². The van der Waals surface area contributed by atoms with Crippen LogP contribution < -0.4 is 11.3 Å². The van der Waals surface area contributed by atoms with Crippen molar-refractivity contribution in [2.24, 2.45) is 0 Å². The first-order valence-corrected chi connectivity index (χ1v) is 9.46. The summed E-state index contributed by atoms with van der Waals surface area (Å²) in [6, 6.07) is 6.92. The van der Waals surface area contributed by atoms with Crippen molar-refractivity contribution >= 4 is 29.5 Å². The number of H-pyrrole nitrogens is 1. The minimum Gasteiger partial charge on any atom is -0.478 e. The van der Waals surface area contributed by atoms with Crippen molar-refractivity contribution < 1.29 is 19.8 Å². The van der Waals surface area contributed by atoms with Gasteiger partial charge in [-0.3, -0.25) is 9.69 Å². The van der Waals surface area contributed by atoms with Gasteiger partial charge in [-0.15, -0.1) is 0 Å². The number of anilines is 1. The van der Waals surface area contributed by atoms with Crippen molar-refractivity contribution in [1.29, 1.82) is 0 Å². The molecule has 0 aliphatic carbocycles. The molecule has 0 atom stereocenters. The number of hydrogen-bond acceptors (Lipinski definition) is 6. The average molecular weight is 389 g/mol. The lowest BCUT2D eigenvalue weighted by Crippen LogP contribution is -2.32. The largest absolute Gasteiger partial charge is 0.478 e. The molecular weight excluding hydrogens is 370 g/mol. The smallest absolute Gasteiger partial charge is 0.342 e. The number of aromatic amines is 1. The van der Waals surface area contributed by atoms with Crippen LogP contribution in [0.2, 0.25) is 0 Å². The molecule has 0 bridgehead atoms. The maximum Gasteiger partial charge on any atom is 0.342 e.